The van der Waals surface area contributed by atoms with Gasteiger partial charge in [-0.1, -0.05) is 104 Å². The van der Waals surface area contributed by atoms with Gasteiger partial charge in [0.1, 0.15) is 22.0 Å². The minimum Gasteiger partial charge on any atom is -0.506 e. The molecule has 71 heavy (non-hydrogen) atoms. The number of benzene rings is 6. The summed E-state index contributed by atoms with van der Waals surface area (Å²) >= 11 is 12.6. The Balaban J connectivity index is 0.000000265. The molecular formula is C53H56Cl2N4O10S2. The molecule has 0 heterocycles. The molecule has 374 valence electrons. The van der Waals surface area contributed by atoms with E-state index in [9.17, 15) is 46.2 Å². The highest BCUT2D eigenvalue weighted by Gasteiger charge is 2.34. The van der Waals surface area contributed by atoms with Crippen LogP contribution in [0, 0.1) is 27.7 Å². The second-order valence-corrected chi connectivity index (χ2v) is 23.2. The maximum atomic E-state index is 13.2. The molecule has 0 radical (unpaired) electrons. The van der Waals surface area contributed by atoms with Gasteiger partial charge in [0.15, 0.2) is 19.7 Å². The summed E-state index contributed by atoms with van der Waals surface area (Å²) in [5, 5.41) is 28.2. The number of aryl methyl sites for hydroxylation is 4. The molecule has 6 N–H and O–H groups in total. The average Bonchev–Trinajstić information content (AvgIpc) is 3.30. The number of rotatable bonds is 13. The molecule has 0 bridgehead atoms. The summed E-state index contributed by atoms with van der Waals surface area (Å²) < 4.78 is 52.3. The van der Waals surface area contributed by atoms with E-state index in [0.29, 0.717) is 11.1 Å². The second kappa shape index (κ2) is 22.6. The maximum Gasteiger partial charge on any atom is 0.255 e. The van der Waals surface area contributed by atoms with Gasteiger partial charge in [-0.3, -0.25) is 19.2 Å². The van der Waals surface area contributed by atoms with Crippen LogP contribution in [0.1, 0.15) is 89.6 Å². The number of hydrogen-bond donors (Lipinski definition) is 6. The standard InChI is InChI=1S/C28H31ClN2O5S.C25H25ClN2O5S/c1-6-25(37(35,36)20-13-11-19(12-14-20)28(3,4)5)27(34)30-22-16-24(32)23(15-21(22)29)31-26(33)18-9-7-17(2)8-10-18;1-14-5-8-18(9-6-14)25(31)28-22-12-20(26)21(13-23(22)29)27-24(30)17(4)34(32,33)19-10-7-15(2)16(3)11-19/h7-16,25,32H,6H2,1-5H3,(H,30,34)(H,31,33);5-13,17,29H,1-4H3,(H,27,30)(H,28,31). The fraction of sp³-hybridized carbons (Fsp3) is 0.245. The van der Waals surface area contributed by atoms with E-state index in [1.54, 1.807) is 80.6 Å². The van der Waals surface area contributed by atoms with Crippen LogP contribution in [0.3, 0.4) is 0 Å². The second-order valence-electron chi connectivity index (χ2n) is 18.0. The van der Waals surface area contributed by atoms with E-state index in [0.717, 1.165) is 33.9 Å². The van der Waals surface area contributed by atoms with Crippen molar-refractivity contribution in [3.63, 3.8) is 0 Å². The van der Waals surface area contributed by atoms with E-state index in [2.05, 4.69) is 21.3 Å². The molecule has 0 aliphatic heterocycles. The van der Waals surface area contributed by atoms with Gasteiger partial charge < -0.3 is 31.5 Å². The van der Waals surface area contributed by atoms with Gasteiger partial charge in [-0.05, 0) is 124 Å². The lowest BCUT2D eigenvalue weighted by Gasteiger charge is -2.20. The molecule has 14 nitrogen and oxygen atoms in total. The maximum absolute atomic E-state index is 13.2. The Morgan fingerprint density at radius 3 is 1.37 bits per heavy atom. The molecule has 0 aliphatic rings. The molecule has 4 amide bonds. The fourth-order valence-electron chi connectivity index (χ4n) is 6.85. The van der Waals surface area contributed by atoms with E-state index in [1.807, 2.05) is 41.5 Å². The third-order valence-electron chi connectivity index (χ3n) is 11.5. The Kier molecular flexibility index (Phi) is 17.6. The van der Waals surface area contributed by atoms with Gasteiger partial charge in [0.05, 0.1) is 42.6 Å². The molecule has 0 saturated heterocycles. The predicted molar refractivity (Wildman–Crippen MR) is 281 cm³/mol. The third-order valence-corrected chi connectivity index (χ3v) is 16.4. The number of carbonyl (C=O) groups is 4. The average molecular weight is 1040 g/mol. The van der Waals surface area contributed by atoms with Crippen molar-refractivity contribution in [2.45, 2.75) is 94.4 Å². The number of halogens is 2. The first-order valence-corrected chi connectivity index (χ1v) is 26.1. The molecule has 18 heteroatoms. The van der Waals surface area contributed by atoms with Crippen molar-refractivity contribution in [2.24, 2.45) is 0 Å². The summed E-state index contributed by atoms with van der Waals surface area (Å²) in [4.78, 5) is 50.8. The first kappa shape index (κ1) is 55.2. The van der Waals surface area contributed by atoms with Crippen LogP contribution in [-0.2, 0) is 34.7 Å². The van der Waals surface area contributed by atoms with Crippen LogP contribution in [0.4, 0.5) is 22.7 Å². The Labute approximate surface area is 424 Å². The Morgan fingerprint density at radius 1 is 0.535 bits per heavy atom. The van der Waals surface area contributed by atoms with Gasteiger partial charge in [0, 0.05) is 23.3 Å². The summed E-state index contributed by atoms with van der Waals surface area (Å²) in [6, 6.07) is 29.8. The van der Waals surface area contributed by atoms with Gasteiger partial charge in [-0.15, -0.1) is 0 Å². The fourth-order valence-corrected chi connectivity index (χ4v) is 10.2. The lowest BCUT2D eigenvalue weighted by molar-refractivity contribution is -0.116. The van der Waals surface area contributed by atoms with E-state index >= 15 is 0 Å². The van der Waals surface area contributed by atoms with Crippen LogP contribution in [0.15, 0.2) is 125 Å². The first-order chi connectivity index (χ1) is 33.1. The van der Waals surface area contributed by atoms with Crippen LogP contribution in [-0.4, -0.2) is 61.2 Å². The van der Waals surface area contributed by atoms with Crippen LogP contribution in [0.25, 0.3) is 0 Å². The van der Waals surface area contributed by atoms with Crippen molar-refractivity contribution < 1.29 is 46.2 Å². The molecule has 0 saturated carbocycles. The Bertz CT molecular complexity index is 3210. The number of nitrogens with one attached hydrogen (secondary N) is 4. The van der Waals surface area contributed by atoms with Crippen molar-refractivity contribution >= 4 is 89.3 Å². The Morgan fingerprint density at radius 2 is 0.958 bits per heavy atom. The monoisotopic (exact) mass is 1040 g/mol. The molecule has 2 unspecified atom stereocenters. The highest BCUT2D eigenvalue weighted by Crippen LogP contribution is 2.36. The van der Waals surface area contributed by atoms with E-state index in [4.69, 9.17) is 23.2 Å². The van der Waals surface area contributed by atoms with E-state index in [1.165, 1.54) is 49.4 Å². The molecule has 6 aromatic carbocycles. The number of anilines is 4. The zero-order chi connectivity index (χ0) is 52.7. The lowest BCUT2D eigenvalue weighted by Crippen LogP contribution is -2.34. The van der Waals surface area contributed by atoms with Crippen molar-refractivity contribution in [1.82, 2.24) is 0 Å². The number of amides is 4. The SMILES string of the molecule is CCC(C(=O)Nc1cc(O)c(NC(=O)c2ccc(C)cc2)cc1Cl)S(=O)(=O)c1ccc(C(C)(C)C)cc1.Cc1ccc(C(=O)Nc2cc(Cl)c(NC(=O)C(C)S(=O)(=O)c3ccc(C)c(C)c3)cc2O)cc1. The van der Waals surface area contributed by atoms with E-state index < -0.39 is 53.8 Å². The van der Waals surface area contributed by atoms with Gasteiger partial charge in [0.2, 0.25) is 11.8 Å². The molecular weight excluding hydrogens is 988 g/mol. The number of hydrogen-bond acceptors (Lipinski definition) is 10. The summed E-state index contributed by atoms with van der Waals surface area (Å²) in [5.74, 6) is -3.16. The number of aromatic hydroxyl groups is 2. The molecule has 0 fully saturated rings. The van der Waals surface area contributed by atoms with Crippen LogP contribution < -0.4 is 21.3 Å². The highest BCUT2D eigenvalue weighted by molar-refractivity contribution is 7.93. The van der Waals surface area contributed by atoms with Gasteiger partial charge in [-0.2, -0.15) is 0 Å². The zero-order valence-corrected chi connectivity index (χ0v) is 43.7. The largest absolute Gasteiger partial charge is 0.506 e. The van der Waals surface area contributed by atoms with Crippen molar-refractivity contribution in [3.8, 4) is 11.5 Å². The molecule has 6 rings (SSSR count). The lowest BCUT2D eigenvalue weighted by atomic mass is 9.87. The number of phenols is 2. The number of sulfone groups is 2. The number of phenolic OH excluding ortho intramolecular Hbond substituents is 2. The van der Waals surface area contributed by atoms with Crippen molar-refractivity contribution in [3.05, 3.63) is 164 Å². The highest BCUT2D eigenvalue weighted by atomic mass is 35.5. The van der Waals surface area contributed by atoms with E-state index in [-0.39, 0.29) is 65.9 Å². The third kappa shape index (κ3) is 13.6. The van der Waals surface area contributed by atoms with Gasteiger partial charge >= 0.3 is 0 Å². The topological polar surface area (TPSA) is 225 Å². The summed E-state index contributed by atoms with van der Waals surface area (Å²) in [5.41, 5.74) is 5.47. The molecule has 0 aromatic heterocycles. The summed E-state index contributed by atoms with van der Waals surface area (Å²) in [6.07, 6.45) is 0.0312. The minimum absolute atomic E-state index is 0.0136. The zero-order valence-electron chi connectivity index (χ0n) is 40.6. The van der Waals surface area contributed by atoms with Gasteiger partial charge in [-0.25, -0.2) is 16.8 Å². The normalized spacial score (nSPS) is 12.4. The Hall–Kier alpha value is -6.72. The quantitative estimate of drug-likeness (QED) is 0.0600. The smallest absolute Gasteiger partial charge is 0.255 e. The molecule has 6 aromatic rings. The van der Waals surface area contributed by atoms with Gasteiger partial charge in [0.25, 0.3) is 11.8 Å². The molecule has 0 spiro atoms. The first-order valence-electron chi connectivity index (χ1n) is 22.2. The molecule has 0 aliphatic carbocycles. The van der Waals surface area contributed by atoms with Crippen LogP contribution in [0.5, 0.6) is 11.5 Å². The van der Waals surface area contributed by atoms with Crippen molar-refractivity contribution in [1.29, 1.82) is 0 Å². The van der Waals surface area contributed by atoms with Crippen LogP contribution in [0.2, 0.25) is 10.0 Å². The molecule has 2 atom stereocenters. The van der Waals surface area contributed by atoms with Crippen LogP contribution >= 0.6 is 23.2 Å². The summed E-state index contributed by atoms with van der Waals surface area (Å²) in [7, 11) is -7.94. The predicted octanol–water partition coefficient (Wildman–Crippen LogP) is 11.1. The summed E-state index contributed by atoms with van der Waals surface area (Å²) in [6.45, 7) is 16.4. The number of carbonyl (C=O) groups excluding carboxylic acids is 4. The van der Waals surface area contributed by atoms with Crippen molar-refractivity contribution in [2.75, 3.05) is 21.3 Å². The minimum atomic E-state index is -3.99.